The standard InChI is InChI=1S/C23H27N3O2/c1-13(2)20-21(19(10-17-6-7-17)16(5)26-23(20)28)22(27)15(4)9-18(12-25)8-14(3)11-24/h8-9,13,17,20-21H,3,6-7,10H2,1-2,4-5H3,(H,26,28)/b15-9+,18-8+. The summed E-state index contributed by atoms with van der Waals surface area (Å²) in [7, 11) is 0. The van der Waals surface area contributed by atoms with E-state index in [9.17, 15) is 14.9 Å². The van der Waals surface area contributed by atoms with Gasteiger partial charge in [-0.15, -0.1) is 0 Å². The van der Waals surface area contributed by atoms with Gasteiger partial charge in [0.15, 0.2) is 5.78 Å². The van der Waals surface area contributed by atoms with Gasteiger partial charge in [-0.2, -0.15) is 10.5 Å². The summed E-state index contributed by atoms with van der Waals surface area (Å²) in [5.41, 5.74) is 2.56. The predicted molar refractivity (Wildman–Crippen MR) is 107 cm³/mol. The molecule has 2 aliphatic rings. The van der Waals surface area contributed by atoms with Crippen molar-refractivity contribution in [3.63, 3.8) is 0 Å². The molecule has 0 radical (unpaired) electrons. The Balaban J connectivity index is 2.45. The molecular weight excluding hydrogens is 350 g/mol. The third kappa shape index (κ3) is 4.87. The molecule has 0 saturated heterocycles. The number of carbonyl (C=O) groups excluding carboxylic acids is 2. The van der Waals surface area contributed by atoms with Gasteiger partial charge >= 0.3 is 0 Å². The van der Waals surface area contributed by atoms with Crippen LogP contribution in [0.15, 0.2) is 46.7 Å². The molecule has 2 atom stereocenters. The molecule has 2 rings (SSSR count). The van der Waals surface area contributed by atoms with E-state index in [1.54, 1.807) is 6.92 Å². The van der Waals surface area contributed by atoms with Crippen molar-refractivity contribution in [1.29, 1.82) is 10.5 Å². The minimum Gasteiger partial charge on any atom is -0.330 e. The second-order valence-corrected chi connectivity index (χ2v) is 8.07. The topological polar surface area (TPSA) is 93.8 Å². The average Bonchev–Trinajstić information content (AvgIpc) is 3.45. The summed E-state index contributed by atoms with van der Waals surface area (Å²) in [6, 6.07) is 3.86. The van der Waals surface area contributed by atoms with Crippen LogP contribution in [0.3, 0.4) is 0 Å². The zero-order valence-electron chi connectivity index (χ0n) is 17.0. The molecule has 0 aromatic carbocycles. The normalized spacial score (nSPS) is 23.2. The number of hydrogen-bond acceptors (Lipinski definition) is 4. The molecule has 146 valence electrons. The lowest BCUT2D eigenvalue weighted by molar-refractivity contribution is -0.133. The fraction of sp³-hybridized carbons (Fsp3) is 0.478. The van der Waals surface area contributed by atoms with Gasteiger partial charge in [0.05, 0.1) is 29.5 Å². The van der Waals surface area contributed by atoms with Crippen molar-refractivity contribution < 1.29 is 9.59 Å². The second kappa shape index (κ2) is 8.85. The Labute approximate surface area is 167 Å². The maximum Gasteiger partial charge on any atom is 0.228 e. The zero-order valence-corrected chi connectivity index (χ0v) is 17.0. The minimum absolute atomic E-state index is 0.00778. The minimum atomic E-state index is -0.510. The molecule has 1 heterocycles. The number of nitriles is 2. The van der Waals surface area contributed by atoms with Gasteiger partial charge in [-0.3, -0.25) is 9.59 Å². The maximum absolute atomic E-state index is 13.4. The first-order valence-corrected chi connectivity index (χ1v) is 9.63. The Hall–Kier alpha value is -2.92. The summed E-state index contributed by atoms with van der Waals surface area (Å²) < 4.78 is 0. The van der Waals surface area contributed by atoms with Crippen molar-refractivity contribution >= 4 is 11.7 Å². The highest BCUT2D eigenvalue weighted by Gasteiger charge is 2.43. The van der Waals surface area contributed by atoms with Crippen molar-refractivity contribution in [3.05, 3.63) is 46.7 Å². The molecule has 5 nitrogen and oxygen atoms in total. The van der Waals surface area contributed by atoms with Gasteiger partial charge in [0, 0.05) is 11.3 Å². The second-order valence-electron chi connectivity index (χ2n) is 8.07. The number of nitrogens with one attached hydrogen (secondary N) is 1. The highest BCUT2D eigenvalue weighted by molar-refractivity contribution is 6.03. The Morgan fingerprint density at radius 3 is 2.43 bits per heavy atom. The number of nitrogens with zero attached hydrogens (tertiary/aromatic N) is 2. The summed E-state index contributed by atoms with van der Waals surface area (Å²) in [4.78, 5) is 26.1. The number of rotatable bonds is 7. The lowest BCUT2D eigenvalue weighted by atomic mass is 9.70. The molecule has 1 saturated carbocycles. The Kier molecular flexibility index (Phi) is 6.75. The lowest BCUT2D eigenvalue weighted by Gasteiger charge is -2.36. The van der Waals surface area contributed by atoms with E-state index in [2.05, 4.69) is 11.9 Å². The van der Waals surface area contributed by atoms with E-state index in [0.29, 0.717) is 11.5 Å². The summed E-state index contributed by atoms with van der Waals surface area (Å²) in [5.74, 6) is -0.602. The zero-order chi connectivity index (χ0) is 21.0. The van der Waals surface area contributed by atoms with Crippen molar-refractivity contribution in [2.24, 2.45) is 23.7 Å². The molecule has 0 aromatic rings. The summed E-state index contributed by atoms with van der Waals surface area (Å²) >= 11 is 0. The molecule has 0 aromatic heterocycles. The Morgan fingerprint density at radius 2 is 1.93 bits per heavy atom. The first-order chi connectivity index (χ1) is 13.2. The van der Waals surface area contributed by atoms with E-state index < -0.39 is 11.8 Å². The van der Waals surface area contributed by atoms with Crippen LogP contribution >= 0.6 is 0 Å². The molecule has 28 heavy (non-hydrogen) atoms. The van der Waals surface area contributed by atoms with E-state index in [0.717, 1.165) is 30.5 Å². The quantitative estimate of drug-likeness (QED) is 0.410. The van der Waals surface area contributed by atoms with Gasteiger partial charge in [-0.25, -0.2) is 0 Å². The van der Waals surface area contributed by atoms with Crippen molar-refractivity contribution in [3.8, 4) is 12.1 Å². The molecule has 1 N–H and O–H groups in total. The van der Waals surface area contributed by atoms with Crippen LogP contribution in [-0.2, 0) is 9.59 Å². The summed E-state index contributed by atoms with van der Waals surface area (Å²) in [5, 5.41) is 21.1. The van der Waals surface area contributed by atoms with Crippen LogP contribution in [0.25, 0.3) is 0 Å². The largest absolute Gasteiger partial charge is 0.330 e. The van der Waals surface area contributed by atoms with Gasteiger partial charge in [-0.05, 0) is 68.2 Å². The molecule has 2 unspecified atom stereocenters. The van der Waals surface area contributed by atoms with Crippen LogP contribution < -0.4 is 5.32 Å². The van der Waals surface area contributed by atoms with Crippen LogP contribution in [0.2, 0.25) is 0 Å². The molecule has 0 spiro atoms. The SMILES string of the molecule is C=C(C#N)/C=C(C#N)\C=C(/C)C(=O)C1C(CC2CC2)=C(C)NC(=O)C1C(C)C. The van der Waals surface area contributed by atoms with Gasteiger partial charge < -0.3 is 5.32 Å². The number of hydrogen-bond donors (Lipinski definition) is 1. The van der Waals surface area contributed by atoms with E-state index in [-0.39, 0.29) is 28.8 Å². The first-order valence-electron chi connectivity index (χ1n) is 9.63. The smallest absolute Gasteiger partial charge is 0.228 e. The van der Waals surface area contributed by atoms with Crippen LogP contribution in [0.1, 0.15) is 47.0 Å². The Bertz CT molecular complexity index is 871. The number of Topliss-reactive ketones (excluding diaryl/α,β-unsaturated/α-hetero) is 1. The third-order valence-electron chi connectivity index (χ3n) is 5.40. The van der Waals surface area contributed by atoms with Crippen LogP contribution in [0.4, 0.5) is 0 Å². The number of allylic oxidation sites excluding steroid dienone is 7. The van der Waals surface area contributed by atoms with E-state index in [1.165, 1.54) is 12.2 Å². The predicted octanol–water partition coefficient (Wildman–Crippen LogP) is 4.12. The average molecular weight is 377 g/mol. The van der Waals surface area contributed by atoms with Gasteiger partial charge in [0.2, 0.25) is 5.91 Å². The lowest BCUT2D eigenvalue weighted by Crippen LogP contribution is -2.46. The van der Waals surface area contributed by atoms with E-state index in [4.69, 9.17) is 5.26 Å². The van der Waals surface area contributed by atoms with Gasteiger partial charge in [0.25, 0.3) is 0 Å². The van der Waals surface area contributed by atoms with Crippen molar-refractivity contribution in [2.75, 3.05) is 0 Å². The first kappa shape index (κ1) is 21.4. The highest BCUT2D eigenvalue weighted by Crippen LogP contribution is 2.43. The molecule has 5 heteroatoms. The monoisotopic (exact) mass is 377 g/mol. The number of carbonyl (C=O) groups is 2. The maximum atomic E-state index is 13.4. The van der Waals surface area contributed by atoms with E-state index in [1.807, 2.05) is 32.9 Å². The molecule has 1 amide bonds. The van der Waals surface area contributed by atoms with Gasteiger partial charge in [0.1, 0.15) is 0 Å². The molecule has 1 fully saturated rings. The molecule has 0 bridgehead atoms. The fourth-order valence-electron chi connectivity index (χ4n) is 3.75. The summed E-state index contributed by atoms with van der Waals surface area (Å²) in [6.45, 7) is 11.0. The number of ketones is 1. The summed E-state index contributed by atoms with van der Waals surface area (Å²) in [6.07, 6.45) is 5.98. The van der Waals surface area contributed by atoms with Crippen LogP contribution in [-0.4, -0.2) is 11.7 Å². The van der Waals surface area contributed by atoms with Crippen molar-refractivity contribution in [1.82, 2.24) is 5.32 Å². The molecule has 1 aliphatic carbocycles. The van der Waals surface area contributed by atoms with Gasteiger partial charge in [-0.1, -0.05) is 20.4 Å². The van der Waals surface area contributed by atoms with Crippen LogP contribution in [0.5, 0.6) is 0 Å². The van der Waals surface area contributed by atoms with Crippen molar-refractivity contribution in [2.45, 2.75) is 47.0 Å². The molecule has 1 aliphatic heterocycles. The fourth-order valence-corrected chi connectivity index (χ4v) is 3.75. The Morgan fingerprint density at radius 1 is 1.29 bits per heavy atom. The van der Waals surface area contributed by atoms with Crippen LogP contribution in [0, 0.1) is 46.3 Å². The number of amides is 1. The third-order valence-corrected chi connectivity index (χ3v) is 5.40. The highest BCUT2D eigenvalue weighted by atomic mass is 16.2. The molecular formula is C23H27N3O2. The van der Waals surface area contributed by atoms with E-state index >= 15 is 0 Å².